The first-order chi connectivity index (χ1) is 8.85. The van der Waals surface area contributed by atoms with Gasteiger partial charge >= 0.3 is 0 Å². The summed E-state index contributed by atoms with van der Waals surface area (Å²) in [5, 5.41) is 7.35. The minimum Gasteiger partial charge on any atom is -0.381 e. The molecule has 1 aliphatic rings. The van der Waals surface area contributed by atoms with Gasteiger partial charge in [-0.15, -0.1) is 0 Å². The second kappa shape index (κ2) is 6.82. The van der Waals surface area contributed by atoms with E-state index in [0.29, 0.717) is 44.6 Å². The van der Waals surface area contributed by atoms with Crippen LogP contribution in [0.1, 0.15) is 31.5 Å². The van der Waals surface area contributed by atoms with Crippen LogP contribution in [0.4, 0.5) is 0 Å². The van der Waals surface area contributed by atoms with Gasteiger partial charge < -0.3 is 19.3 Å². The lowest BCUT2D eigenvalue weighted by Gasteiger charge is -2.13. The second-order valence-electron chi connectivity index (χ2n) is 4.30. The normalized spacial score (nSPS) is 23.7. The zero-order valence-electron chi connectivity index (χ0n) is 11.0. The number of hydrogen-bond acceptors (Lipinski definition) is 6. The van der Waals surface area contributed by atoms with Gasteiger partial charge in [-0.25, -0.2) is 0 Å². The summed E-state index contributed by atoms with van der Waals surface area (Å²) in [7, 11) is 0. The summed E-state index contributed by atoms with van der Waals surface area (Å²) in [5.41, 5.74) is 0. The molecule has 0 bridgehead atoms. The maximum Gasteiger partial charge on any atom is 0.233 e. The molecule has 6 heteroatoms. The Kier molecular flexibility index (Phi) is 5.10. The minimum atomic E-state index is 0.165. The van der Waals surface area contributed by atoms with E-state index in [1.54, 1.807) is 0 Å². The van der Waals surface area contributed by atoms with Crippen LogP contribution in [0.5, 0.6) is 0 Å². The molecule has 102 valence electrons. The van der Waals surface area contributed by atoms with Crippen molar-refractivity contribution in [2.75, 3.05) is 33.0 Å². The Balaban J connectivity index is 1.92. The zero-order valence-corrected chi connectivity index (χ0v) is 11.0. The quantitative estimate of drug-likeness (QED) is 0.725. The van der Waals surface area contributed by atoms with Crippen LogP contribution in [0.3, 0.4) is 0 Å². The number of hydrogen-bond donors (Lipinski definition) is 1. The molecule has 18 heavy (non-hydrogen) atoms. The van der Waals surface area contributed by atoms with Crippen molar-refractivity contribution in [3.05, 3.63) is 11.7 Å². The third-order valence-corrected chi connectivity index (χ3v) is 3.02. The van der Waals surface area contributed by atoms with Crippen molar-refractivity contribution in [1.29, 1.82) is 0 Å². The molecule has 2 heterocycles. The highest BCUT2D eigenvalue weighted by atomic mass is 16.5. The standard InChI is InChI=1S/C12H21N3O3/c1-3-13-10-8-17-7-9(10)12-14-11(15-18-12)5-6-16-4-2/h9-10,13H,3-8H2,1-2H3. The van der Waals surface area contributed by atoms with Gasteiger partial charge in [0.25, 0.3) is 0 Å². The van der Waals surface area contributed by atoms with Crippen molar-refractivity contribution in [3.63, 3.8) is 0 Å². The smallest absolute Gasteiger partial charge is 0.233 e. The van der Waals surface area contributed by atoms with E-state index >= 15 is 0 Å². The van der Waals surface area contributed by atoms with E-state index in [0.717, 1.165) is 6.54 Å². The van der Waals surface area contributed by atoms with Crippen molar-refractivity contribution in [3.8, 4) is 0 Å². The largest absolute Gasteiger partial charge is 0.381 e. The molecule has 2 atom stereocenters. The van der Waals surface area contributed by atoms with E-state index < -0.39 is 0 Å². The van der Waals surface area contributed by atoms with Crippen LogP contribution in [-0.2, 0) is 15.9 Å². The van der Waals surface area contributed by atoms with Gasteiger partial charge in [-0.2, -0.15) is 4.98 Å². The van der Waals surface area contributed by atoms with Crippen LogP contribution >= 0.6 is 0 Å². The predicted molar refractivity (Wildman–Crippen MR) is 65.5 cm³/mol. The molecule has 0 radical (unpaired) electrons. The molecule has 0 spiro atoms. The Hall–Kier alpha value is -0.980. The fraction of sp³-hybridized carbons (Fsp3) is 0.833. The number of nitrogens with one attached hydrogen (secondary N) is 1. The third kappa shape index (κ3) is 3.28. The molecule has 0 aliphatic carbocycles. The summed E-state index contributed by atoms with van der Waals surface area (Å²) in [5.74, 6) is 1.55. The highest BCUT2D eigenvalue weighted by molar-refractivity contribution is 5.02. The van der Waals surface area contributed by atoms with Crippen molar-refractivity contribution in [2.24, 2.45) is 0 Å². The van der Waals surface area contributed by atoms with E-state index in [-0.39, 0.29) is 12.0 Å². The number of ether oxygens (including phenoxy) is 2. The van der Waals surface area contributed by atoms with Gasteiger partial charge in [0, 0.05) is 19.1 Å². The molecule has 0 aromatic carbocycles. The van der Waals surface area contributed by atoms with E-state index in [1.807, 2.05) is 6.92 Å². The maximum absolute atomic E-state index is 5.47. The van der Waals surface area contributed by atoms with E-state index in [2.05, 4.69) is 22.4 Å². The highest BCUT2D eigenvalue weighted by Gasteiger charge is 2.33. The summed E-state index contributed by atoms with van der Waals surface area (Å²) in [6.45, 7) is 7.65. The monoisotopic (exact) mass is 255 g/mol. The van der Waals surface area contributed by atoms with Crippen LogP contribution in [0.15, 0.2) is 4.52 Å². The molecule has 1 saturated heterocycles. The van der Waals surface area contributed by atoms with E-state index in [1.165, 1.54) is 0 Å². The maximum atomic E-state index is 5.47. The van der Waals surface area contributed by atoms with Crippen LogP contribution in [0, 0.1) is 0 Å². The number of nitrogens with zero attached hydrogens (tertiary/aromatic N) is 2. The summed E-state index contributed by atoms with van der Waals surface area (Å²) < 4.78 is 16.1. The molecule has 1 fully saturated rings. The topological polar surface area (TPSA) is 69.4 Å². The van der Waals surface area contributed by atoms with Gasteiger partial charge in [-0.3, -0.25) is 0 Å². The fourth-order valence-electron chi connectivity index (χ4n) is 2.09. The lowest BCUT2D eigenvalue weighted by Crippen LogP contribution is -2.34. The molecule has 2 rings (SSSR count). The van der Waals surface area contributed by atoms with Crippen molar-refractivity contribution >= 4 is 0 Å². The predicted octanol–water partition coefficient (Wildman–Crippen LogP) is 0.740. The van der Waals surface area contributed by atoms with Crippen molar-refractivity contribution in [2.45, 2.75) is 32.2 Å². The lowest BCUT2D eigenvalue weighted by atomic mass is 10.0. The third-order valence-electron chi connectivity index (χ3n) is 3.02. The van der Waals surface area contributed by atoms with Crippen molar-refractivity contribution in [1.82, 2.24) is 15.5 Å². The minimum absolute atomic E-state index is 0.165. The molecule has 1 aliphatic heterocycles. The van der Waals surface area contributed by atoms with Crippen LogP contribution < -0.4 is 5.32 Å². The van der Waals surface area contributed by atoms with Crippen LogP contribution in [0.25, 0.3) is 0 Å². The molecule has 1 N–H and O–H groups in total. The fourth-order valence-corrected chi connectivity index (χ4v) is 2.09. The first-order valence-electron chi connectivity index (χ1n) is 6.56. The number of likely N-dealkylation sites (N-methyl/N-ethyl adjacent to an activating group) is 1. The van der Waals surface area contributed by atoms with Gasteiger partial charge in [-0.05, 0) is 13.5 Å². The first-order valence-corrected chi connectivity index (χ1v) is 6.56. The Morgan fingerprint density at radius 3 is 3.06 bits per heavy atom. The Morgan fingerprint density at radius 2 is 2.28 bits per heavy atom. The molecule has 1 aromatic rings. The molecule has 1 aromatic heterocycles. The molecule has 0 saturated carbocycles. The summed E-state index contributed by atoms with van der Waals surface area (Å²) in [6.07, 6.45) is 0.691. The second-order valence-corrected chi connectivity index (χ2v) is 4.30. The number of rotatable bonds is 7. The number of aromatic nitrogens is 2. The Bertz CT molecular complexity index is 356. The first kappa shape index (κ1) is 13.5. The van der Waals surface area contributed by atoms with Gasteiger partial charge in [-0.1, -0.05) is 12.1 Å². The molecular weight excluding hydrogens is 234 g/mol. The average Bonchev–Trinajstić information content (AvgIpc) is 2.98. The summed E-state index contributed by atoms with van der Waals surface area (Å²) in [6, 6.07) is 0.273. The van der Waals surface area contributed by atoms with Gasteiger partial charge in [0.1, 0.15) is 0 Å². The van der Waals surface area contributed by atoms with Crippen LogP contribution in [0.2, 0.25) is 0 Å². The molecule has 0 amide bonds. The van der Waals surface area contributed by atoms with Crippen molar-refractivity contribution < 1.29 is 14.0 Å². The van der Waals surface area contributed by atoms with Gasteiger partial charge in [0.05, 0.1) is 25.7 Å². The van der Waals surface area contributed by atoms with E-state index in [4.69, 9.17) is 14.0 Å². The Morgan fingerprint density at radius 1 is 1.39 bits per heavy atom. The SMILES string of the molecule is CCNC1COCC1c1nc(CCOCC)no1. The summed E-state index contributed by atoms with van der Waals surface area (Å²) >= 11 is 0. The van der Waals surface area contributed by atoms with Crippen LogP contribution in [-0.4, -0.2) is 49.2 Å². The molecular formula is C12H21N3O3. The molecule has 2 unspecified atom stereocenters. The summed E-state index contributed by atoms with van der Waals surface area (Å²) in [4.78, 5) is 4.42. The van der Waals surface area contributed by atoms with E-state index in [9.17, 15) is 0 Å². The highest BCUT2D eigenvalue weighted by Crippen LogP contribution is 2.24. The van der Waals surface area contributed by atoms with Gasteiger partial charge in [0.2, 0.25) is 5.89 Å². The lowest BCUT2D eigenvalue weighted by molar-refractivity contribution is 0.149. The zero-order chi connectivity index (χ0) is 12.8. The molecule has 6 nitrogen and oxygen atoms in total. The Labute approximate surface area is 107 Å². The van der Waals surface area contributed by atoms with Gasteiger partial charge in [0.15, 0.2) is 5.82 Å². The average molecular weight is 255 g/mol.